The van der Waals surface area contributed by atoms with Gasteiger partial charge < -0.3 is 10.4 Å². The first-order valence-electron chi connectivity index (χ1n) is 6.63. The summed E-state index contributed by atoms with van der Waals surface area (Å²) >= 11 is 1.71. The van der Waals surface area contributed by atoms with Crippen molar-refractivity contribution in [2.24, 2.45) is 0 Å². The fourth-order valence-electron chi connectivity index (χ4n) is 2.72. The Morgan fingerprint density at radius 3 is 3.05 bits per heavy atom. The first-order valence-corrected chi connectivity index (χ1v) is 7.51. The van der Waals surface area contributed by atoms with E-state index in [1.165, 1.54) is 11.1 Å². The van der Waals surface area contributed by atoms with E-state index in [0.29, 0.717) is 11.8 Å². The van der Waals surface area contributed by atoms with Crippen molar-refractivity contribution in [3.05, 3.63) is 45.4 Å². The Morgan fingerprint density at radius 2 is 2.32 bits per heavy atom. The fraction of sp³-hybridized carbons (Fsp3) is 0.400. The van der Waals surface area contributed by atoms with E-state index in [-0.39, 0.29) is 6.04 Å². The third-order valence-corrected chi connectivity index (χ3v) is 4.81. The van der Waals surface area contributed by atoms with Crippen molar-refractivity contribution in [1.29, 1.82) is 0 Å². The lowest BCUT2D eigenvalue weighted by Crippen LogP contribution is -2.22. The number of rotatable bonds is 3. The van der Waals surface area contributed by atoms with Gasteiger partial charge in [0.1, 0.15) is 10.8 Å². The van der Waals surface area contributed by atoms with Gasteiger partial charge in [0.2, 0.25) is 0 Å². The minimum atomic E-state index is 0.267. The van der Waals surface area contributed by atoms with Gasteiger partial charge in [0.25, 0.3) is 0 Å². The number of aryl methyl sites for hydroxylation is 2. The molecule has 2 unspecified atom stereocenters. The second-order valence-corrected chi connectivity index (χ2v) is 6.08. The second-order valence-electron chi connectivity index (χ2n) is 5.19. The van der Waals surface area contributed by atoms with Crippen molar-refractivity contribution >= 4 is 11.3 Å². The molecule has 0 saturated heterocycles. The maximum atomic E-state index is 9.52. The number of nitrogens with zero attached hydrogens (tertiary/aromatic N) is 1. The van der Waals surface area contributed by atoms with Gasteiger partial charge in [-0.3, -0.25) is 0 Å². The monoisotopic (exact) mass is 274 g/mol. The van der Waals surface area contributed by atoms with Gasteiger partial charge in [-0.25, -0.2) is 4.98 Å². The highest BCUT2D eigenvalue weighted by Gasteiger charge is 2.24. The molecule has 4 heteroatoms. The van der Waals surface area contributed by atoms with Crippen molar-refractivity contribution in [3.8, 4) is 5.75 Å². The summed E-state index contributed by atoms with van der Waals surface area (Å²) in [5.41, 5.74) is 3.67. The molecular formula is C15H18N2OS. The molecule has 3 rings (SSSR count). The number of hydrogen-bond donors (Lipinski definition) is 2. The fourth-order valence-corrected chi connectivity index (χ4v) is 3.53. The Kier molecular flexibility index (Phi) is 3.29. The lowest BCUT2D eigenvalue weighted by Gasteiger charge is -2.18. The maximum Gasteiger partial charge on any atom is 0.115 e. The van der Waals surface area contributed by atoms with Crippen LogP contribution in [0.2, 0.25) is 0 Å². The molecular weight excluding hydrogens is 256 g/mol. The molecule has 0 saturated carbocycles. The minimum absolute atomic E-state index is 0.267. The van der Waals surface area contributed by atoms with Gasteiger partial charge in [-0.2, -0.15) is 0 Å². The topological polar surface area (TPSA) is 45.1 Å². The first-order chi connectivity index (χ1) is 9.13. The van der Waals surface area contributed by atoms with Gasteiger partial charge in [0.05, 0.1) is 6.04 Å². The van der Waals surface area contributed by atoms with Crippen LogP contribution in [0.15, 0.2) is 23.6 Å². The summed E-state index contributed by atoms with van der Waals surface area (Å²) in [4.78, 5) is 4.54. The van der Waals surface area contributed by atoms with Gasteiger partial charge in [-0.15, -0.1) is 11.3 Å². The van der Waals surface area contributed by atoms with Crippen molar-refractivity contribution in [1.82, 2.24) is 10.3 Å². The van der Waals surface area contributed by atoms with Crippen molar-refractivity contribution in [2.75, 3.05) is 0 Å². The van der Waals surface area contributed by atoms with Crippen LogP contribution < -0.4 is 5.32 Å². The molecule has 1 aliphatic carbocycles. The van der Waals surface area contributed by atoms with Gasteiger partial charge in [-0.1, -0.05) is 6.07 Å². The molecule has 19 heavy (non-hydrogen) atoms. The van der Waals surface area contributed by atoms with E-state index in [1.54, 1.807) is 17.4 Å². The van der Waals surface area contributed by atoms with Crippen LogP contribution in [-0.2, 0) is 6.42 Å². The Labute approximate surface area is 117 Å². The SMILES string of the molecule is Cc1csc(C(C)NC2CCc3cc(O)ccc32)n1. The van der Waals surface area contributed by atoms with Crippen molar-refractivity contribution in [2.45, 2.75) is 38.8 Å². The van der Waals surface area contributed by atoms with E-state index in [2.05, 4.69) is 22.6 Å². The van der Waals surface area contributed by atoms with E-state index in [9.17, 15) is 5.11 Å². The molecule has 0 spiro atoms. The summed E-state index contributed by atoms with van der Waals surface area (Å²) in [7, 11) is 0. The predicted octanol–water partition coefficient (Wildman–Crippen LogP) is 3.50. The molecule has 3 nitrogen and oxygen atoms in total. The average Bonchev–Trinajstić information content (AvgIpc) is 2.96. The second kappa shape index (κ2) is 4.94. The van der Waals surface area contributed by atoms with Crippen LogP contribution in [0.1, 0.15) is 47.3 Å². The van der Waals surface area contributed by atoms with Crippen LogP contribution in [-0.4, -0.2) is 10.1 Å². The minimum Gasteiger partial charge on any atom is -0.508 e. The van der Waals surface area contributed by atoms with Crippen LogP contribution in [0.4, 0.5) is 0 Å². The number of aromatic nitrogens is 1. The zero-order valence-corrected chi connectivity index (χ0v) is 12.0. The van der Waals surface area contributed by atoms with Crippen LogP contribution in [0.5, 0.6) is 5.75 Å². The van der Waals surface area contributed by atoms with Crippen LogP contribution in [0, 0.1) is 6.92 Å². The number of benzene rings is 1. The van der Waals surface area contributed by atoms with Gasteiger partial charge in [-0.05, 0) is 49.9 Å². The largest absolute Gasteiger partial charge is 0.508 e. The molecule has 2 aromatic rings. The van der Waals surface area contributed by atoms with Crippen molar-refractivity contribution < 1.29 is 5.11 Å². The third kappa shape index (κ3) is 2.51. The number of phenolic OH excluding ortho intramolecular Hbond substituents is 1. The summed E-state index contributed by atoms with van der Waals surface area (Å²) in [5.74, 6) is 0.364. The Morgan fingerprint density at radius 1 is 1.47 bits per heavy atom. The lowest BCUT2D eigenvalue weighted by molar-refractivity contribution is 0.462. The smallest absolute Gasteiger partial charge is 0.115 e. The zero-order chi connectivity index (χ0) is 13.4. The van der Waals surface area contributed by atoms with Gasteiger partial charge in [0.15, 0.2) is 0 Å². The van der Waals surface area contributed by atoms with Gasteiger partial charge in [0, 0.05) is 17.1 Å². The molecule has 0 amide bonds. The molecule has 1 aromatic heterocycles. The first kappa shape index (κ1) is 12.6. The molecule has 0 fully saturated rings. The molecule has 2 N–H and O–H groups in total. The number of fused-ring (bicyclic) bond motifs is 1. The molecule has 1 aliphatic rings. The van der Waals surface area contributed by atoms with E-state index in [4.69, 9.17) is 0 Å². The zero-order valence-electron chi connectivity index (χ0n) is 11.2. The number of nitrogens with one attached hydrogen (secondary N) is 1. The maximum absolute atomic E-state index is 9.52. The molecule has 0 radical (unpaired) electrons. The van der Waals surface area contributed by atoms with Crippen LogP contribution in [0.25, 0.3) is 0 Å². The standard InChI is InChI=1S/C15H18N2OS/c1-9-8-19-15(16-9)10(2)17-14-6-3-11-7-12(18)4-5-13(11)14/h4-5,7-8,10,14,17-18H,3,6H2,1-2H3. The molecule has 0 aliphatic heterocycles. The summed E-state index contributed by atoms with van der Waals surface area (Å²) < 4.78 is 0. The van der Waals surface area contributed by atoms with E-state index in [0.717, 1.165) is 23.5 Å². The molecule has 2 atom stereocenters. The molecule has 0 bridgehead atoms. The van der Waals surface area contributed by atoms with Gasteiger partial charge >= 0.3 is 0 Å². The highest BCUT2D eigenvalue weighted by molar-refractivity contribution is 7.09. The quantitative estimate of drug-likeness (QED) is 0.900. The lowest BCUT2D eigenvalue weighted by atomic mass is 10.1. The normalized spacial score (nSPS) is 19.4. The molecule has 100 valence electrons. The summed E-state index contributed by atoms with van der Waals surface area (Å²) in [6, 6.07) is 6.33. The van der Waals surface area contributed by atoms with Crippen LogP contribution in [0.3, 0.4) is 0 Å². The summed E-state index contributed by atoms with van der Waals surface area (Å²) in [5, 5.41) is 16.4. The highest BCUT2D eigenvalue weighted by Crippen LogP contribution is 2.35. The highest BCUT2D eigenvalue weighted by atomic mass is 32.1. The van der Waals surface area contributed by atoms with E-state index < -0.39 is 0 Å². The number of phenols is 1. The number of thiazole rings is 1. The Balaban J connectivity index is 1.76. The average molecular weight is 274 g/mol. The van der Waals surface area contributed by atoms with Crippen molar-refractivity contribution in [3.63, 3.8) is 0 Å². The molecule has 1 aromatic carbocycles. The third-order valence-electron chi connectivity index (χ3n) is 3.66. The Hall–Kier alpha value is -1.39. The van der Waals surface area contributed by atoms with Crippen LogP contribution >= 0.6 is 11.3 Å². The number of hydrogen-bond acceptors (Lipinski definition) is 4. The number of aromatic hydroxyl groups is 1. The summed E-state index contributed by atoms with van der Waals surface area (Å²) in [6.07, 6.45) is 2.12. The Bertz CT molecular complexity index is 594. The van der Waals surface area contributed by atoms with E-state index >= 15 is 0 Å². The van der Waals surface area contributed by atoms with E-state index in [1.807, 2.05) is 19.1 Å². The molecule has 1 heterocycles. The summed E-state index contributed by atoms with van der Waals surface area (Å²) in [6.45, 7) is 4.19. The predicted molar refractivity (Wildman–Crippen MR) is 77.6 cm³/mol.